The van der Waals surface area contributed by atoms with Crippen LogP contribution >= 0.6 is 15.9 Å². The van der Waals surface area contributed by atoms with Crippen molar-refractivity contribution in [3.05, 3.63) is 34.3 Å². The molecule has 0 bridgehead atoms. The van der Waals surface area contributed by atoms with Gasteiger partial charge in [-0.15, -0.1) is 0 Å². The Labute approximate surface area is 124 Å². The molecule has 2 nitrogen and oxygen atoms in total. The van der Waals surface area contributed by atoms with E-state index in [9.17, 15) is 0 Å². The van der Waals surface area contributed by atoms with E-state index < -0.39 is 0 Å². The second-order valence-corrected chi connectivity index (χ2v) is 6.84. The van der Waals surface area contributed by atoms with Gasteiger partial charge in [0.1, 0.15) is 0 Å². The number of hydrogen-bond donors (Lipinski definition) is 1. The standard InChI is InChI=1S/C16H23BrN2/c1-18-11-13-5-3-9-19(15-7-8-15)16(13)12-4-2-6-14(17)10-12/h2,4,6,10,13,15-16,18H,3,5,7-9,11H2,1H3. The quantitative estimate of drug-likeness (QED) is 0.911. The van der Waals surface area contributed by atoms with Crippen molar-refractivity contribution in [2.75, 3.05) is 20.1 Å². The van der Waals surface area contributed by atoms with Gasteiger partial charge in [0, 0.05) is 16.6 Å². The molecule has 0 amide bonds. The molecule has 0 spiro atoms. The number of nitrogens with zero attached hydrogens (tertiary/aromatic N) is 1. The SMILES string of the molecule is CNCC1CCCN(C2CC2)C1c1cccc(Br)c1. The Hall–Kier alpha value is -0.380. The molecule has 0 aromatic heterocycles. The first-order chi connectivity index (χ1) is 9.29. The van der Waals surface area contributed by atoms with Gasteiger partial charge in [-0.1, -0.05) is 28.1 Å². The summed E-state index contributed by atoms with van der Waals surface area (Å²) in [4.78, 5) is 2.77. The van der Waals surface area contributed by atoms with E-state index in [4.69, 9.17) is 0 Å². The molecule has 2 unspecified atom stereocenters. The van der Waals surface area contributed by atoms with Crippen molar-refractivity contribution in [3.8, 4) is 0 Å². The van der Waals surface area contributed by atoms with Crippen LogP contribution in [0.3, 0.4) is 0 Å². The van der Waals surface area contributed by atoms with Crippen molar-refractivity contribution in [3.63, 3.8) is 0 Å². The van der Waals surface area contributed by atoms with E-state index in [2.05, 4.69) is 57.5 Å². The Bertz CT molecular complexity index is 429. The van der Waals surface area contributed by atoms with E-state index in [1.54, 1.807) is 0 Å². The fourth-order valence-electron chi connectivity index (χ4n) is 3.55. The Kier molecular flexibility index (Phi) is 4.25. The summed E-state index contributed by atoms with van der Waals surface area (Å²) in [5.74, 6) is 0.744. The van der Waals surface area contributed by atoms with E-state index in [-0.39, 0.29) is 0 Å². The predicted molar refractivity (Wildman–Crippen MR) is 83.3 cm³/mol. The van der Waals surface area contributed by atoms with E-state index >= 15 is 0 Å². The van der Waals surface area contributed by atoms with Gasteiger partial charge in [0.2, 0.25) is 0 Å². The molecule has 1 heterocycles. The second-order valence-electron chi connectivity index (χ2n) is 5.93. The summed E-state index contributed by atoms with van der Waals surface area (Å²) in [7, 11) is 2.08. The van der Waals surface area contributed by atoms with Gasteiger partial charge in [0.05, 0.1) is 0 Å². The topological polar surface area (TPSA) is 15.3 Å². The highest BCUT2D eigenvalue weighted by Gasteiger charge is 2.40. The van der Waals surface area contributed by atoms with E-state index in [0.717, 1.165) is 18.5 Å². The Morgan fingerprint density at radius 1 is 1.32 bits per heavy atom. The van der Waals surface area contributed by atoms with Crippen molar-refractivity contribution >= 4 is 15.9 Å². The fourth-order valence-corrected chi connectivity index (χ4v) is 3.97. The van der Waals surface area contributed by atoms with Crippen LogP contribution in [0, 0.1) is 5.92 Å². The third-order valence-corrected chi connectivity index (χ3v) is 4.96. The minimum Gasteiger partial charge on any atom is -0.319 e. The van der Waals surface area contributed by atoms with E-state index in [1.807, 2.05) is 0 Å². The van der Waals surface area contributed by atoms with Crippen LogP contribution in [-0.4, -0.2) is 31.1 Å². The molecule has 2 fully saturated rings. The zero-order chi connectivity index (χ0) is 13.2. The summed E-state index contributed by atoms with van der Waals surface area (Å²) in [5.41, 5.74) is 1.49. The molecule has 3 heteroatoms. The lowest BCUT2D eigenvalue weighted by Crippen LogP contribution is -2.43. The lowest BCUT2D eigenvalue weighted by Gasteiger charge is -2.42. The molecule has 19 heavy (non-hydrogen) atoms. The lowest BCUT2D eigenvalue weighted by atomic mass is 9.84. The second kappa shape index (κ2) is 5.94. The van der Waals surface area contributed by atoms with Crippen molar-refractivity contribution in [2.45, 2.75) is 37.8 Å². The zero-order valence-corrected chi connectivity index (χ0v) is 13.2. The smallest absolute Gasteiger partial charge is 0.0391 e. The molecule has 1 aliphatic heterocycles. The molecule has 1 saturated carbocycles. The highest BCUT2D eigenvalue weighted by Crippen LogP contribution is 2.42. The Morgan fingerprint density at radius 2 is 2.16 bits per heavy atom. The van der Waals surface area contributed by atoms with Gasteiger partial charge in [0.25, 0.3) is 0 Å². The summed E-state index contributed by atoms with van der Waals surface area (Å²) < 4.78 is 1.20. The average molecular weight is 323 g/mol. The lowest BCUT2D eigenvalue weighted by molar-refractivity contribution is 0.0845. The molecular weight excluding hydrogens is 300 g/mol. The van der Waals surface area contributed by atoms with Crippen LogP contribution in [0.15, 0.2) is 28.7 Å². The van der Waals surface area contributed by atoms with E-state index in [1.165, 1.54) is 42.3 Å². The molecule has 1 aromatic rings. The van der Waals surface area contributed by atoms with Gasteiger partial charge in [-0.05, 0) is 69.4 Å². The molecular formula is C16H23BrN2. The van der Waals surface area contributed by atoms with Crippen LogP contribution in [0.4, 0.5) is 0 Å². The van der Waals surface area contributed by atoms with Crippen LogP contribution in [-0.2, 0) is 0 Å². The van der Waals surface area contributed by atoms with Crippen molar-refractivity contribution in [1.82, 2.24) is 10.2 Å². The minimum atomic E-state index is 0.603. The maximum absolute atomic E-state index is 3.63. The van der Waals surface area contributed by atoms with Crippen molar-refractivity contribution in [2.24, 2.45) is 5.92 Å². The Morgan fingerprint density at radius 3 is 2.84 bits per heavy atom. The maximum atomic E-state index is 3.63. The molecule has 3 rings (SSSR count). The summed E-state index contributed by atoms with van der Waals surface area (Å²) >= 11 is 3.63. The monoisotopic (exact) mass is 322 g/mol. The van der Waals surface area contributed by atoms with Crippen molar-refractivity contribution < 1.29 is 0 Å². The molecule has 1 N–H and O–H groups in total. The number of likely N-dealkylation sites (tertiary alicyclic amines) is 1. The molecule has 1 saturated heterocycles. The molecule has 0 radical (unpaired) electrons. The van der Waals surface area contributed by atoms with Gasteiger partial charge in [-0.3, -0.25) is 4.90 Å². The van der Waals surface area contributed by atoms with E-state index in [0.29, 0.717) is 6.04 Å². The van der Waals surface area contributed by atoms with Crippen LogP contribution < -0.4 is 5.32 Å². The molecule has 104 valence electrons. The molecule has 1 aliphatic carbocycles. The molecule has 1 aromatic carbocycles. The highest BCUT2D eigenvalue weighted by atomic mass is 79.9. The summed E-state index contributed by atoms with van der Waals surface area (Å²) in [5, 5.41) is 3.39. The minimum absolute atomic E-state index is 0.603. The summed E-state index contributed by atoms with van der Waals surface area (Å²) in [6, 6.07) is 10.4. The number of piperidine rings is 1. The number of benzene rings is 1. The largest absolute Gasteiger partial charge is 0.319 e. The zero-order valence-electron chi connectivity index (χ0n) is 11.6. The van der Waals surface area contributed by atoms with Gasteiger partial charge < -0.3 is 5.32 Å². The first-order valence-corrected chi connectivity index (χ1v) is 8.24. The van der Waals surface area contributed by atoms with Crippen LogP contribution in [0.5, 0.6) is 0 Å². The van der Waals surface area contributed by atoms with Gasteiger partial charge >= 0.3 is 0 Å². The Balaban J connectivity index is 1.89. The summed E-state index contributed by atoms with van der Waals surface area (Å²) in [6.45, 7) is 2.41. The number of rotatable bonds is 4. The van der Waals surface area contributed by atoms with Gasteiger partial charge in [0.15, 0.2) is 0 Å². The summed E-state index contributed by atoms with van der Waals surface area (Å²) in [6.07, 6.45) is 5.50. The number of halogens is 1. The first-order valence-electron chi connectivity index (χ1n) is 7.45. The highest BCUT2D eigenvalue weighted by molar-refractivity contribution is 9.10. The van der Waals surface area contributed by atoms with Gasteiger partial charge in [-0.2, -0.15) is 0 Å². The van der Waals surface area contributed by atoms with Crippen LogP contribution in [0.2, 0.25) is 0 Å². The van der Waals surface area contributed by atoms with Crippen molar-refractivity contribution in [1.29, 1.82) is 0 Å². The maximum Gasteiger partial charge on any atom is 0.0391 e. The molecule has 2 atom stereocenters. The third-order valence-electron chi connectivity index (χ3n) is 4.47. The number of nitrogens with one attached hydrogen (secondary N) is 1. The van der Waals surface area contributed by atoms with Gasteiger partial charge in [-0.25, -0.2) is 0 Å². The normalized spacial score (nSPS) is 28.5. The number of hydrogen-bond acceptors (Lipinski definition) is 2. The third kappa shape index (κ3) is 3.04. The fraction of sp³-hybridized carbons (Fsp3) is 0.625. The van der Waals surface area contributed by atoms with Crippen LogP contribution in [0.1, 0.15) is 37.3 Å². The first kappa shape index (κ1) is 13.6. The predicted octanol–water partition coefficient (Wildman–Crippen LogP) is 3.58. The molecule has 2 aliphatic rings. The average Bonchev–Trinajstić information content (AvgIpc) is 3.23. The van der Waals surface area contributed by atoms with Crippen LogP contribution in [0.25, 0.3) is 0 Å².